The van der Waals surface area contributed by atoms with Gasteiger partial charge >= 0.3 is 0 Å². The molecule has 0 aliphatic heterocycles. The Morgan fingerprint density at radius 2 is 2.31 bits per heavy atom. The molecule has 78 valence electrons. The van der Waals surface area contributed by atoms with Crippen LogP contribution in [0.1, 0.15) is 20.3 Å². The lowest BCUT2D eigenvalue weighted by Crippen LogP contribution is -2.42. The van der Waals surface area contributed by atoms with E-state index in [1.165, 1.54) is 0 Å². The van der Waals surface area contributed by atoms with E-state index in [4.69, 9.17) is 5.84 Å². The van der Waals surface area contributed by atoms with Crippen LogP contribution in [0.2, 0.25) is 0 Å². The van der Waals surface area contributed by atoms with Crippen LogP contribution in [0.5, 0.6) is 0 Å². The zero-order valence-electron chi connectivity index (χ0n) is 8.63. The second-order valence-electron chi connectivity index (χ2n) is 2.81. The van der Waals surface area contributed by atoms with Gasteiger partial charge in [0, 0.05) is 11.8 Å². The Hall–Kier alpha value is -0.420. The van der Waals surface area contributed by atoms with Crippen molar-refractivity contribution < 1.29 is 0 Å². The number of nitrogens with two attached hydrogens (primary N) is 1. The summed E-state index contributed by atoms with van der Waals surface area (Å²) < 4.78 is 0. The maximum atomic E-state index is 5.29. The molecule has 0 heterocycles. The maximum absolute atomic E-state index is 5.29. The molecule has 0 aliphatic carbocycles. The van der Waals surface area contributed by atoms with Gasteiger partial charge in [0.2, 0.25) is 5.96 Å². The Morgan fingerprint density at radius 1 is 1.62 bits per heavy atom. The fraction of sp³-hybridized carbons (Fsp3) is 0.875. The molecule has 1 atom stereocenters. The van der Waals surface area contributed by atoms with E-state index in [9.17, 15) is 0 Å². The van der Waals surface area contributed by atoms with E-state index in [2.05, 4.69) is 35.8 Å². The average molecular weight is 204 g/mol. The molecule has 4 nitrogen and oxygen atoms in total. The summed E-state index contributed by atoms with van der Waals surface area (Å²) in [5, 5.41) is 3.64. The lowest BCUT2D eigenvalue weighted by atomic mass is 10.5. The summed E-state index contributed by atoms with van der Waals surface area (Å²) in [5.41, 5.74) is 2.55. The normalized spacial score (nSPS) is 14.0. The average Bonchev–Trinajstić information content (AvgIpc) is 2.17. The highest BCUT2D eigenvalue weighted by atomic mass is 32.2. The first-order chi connectivity index (χ1) is 6.24. The van der Waals surface area contributed by atoms with Crippen LogP contribution in [0.4, 0.5) is 0 Å². The number of aliphatic imine (C=N–C) groups is 1. The van der Waals surface area contributed by atoms with Gasteiger partial charge in [0.15, 0.2) is 0 Å². The SMILES string of the molecule is CCCNC(=NCC(C)SC)NN. The zero-order chi connectivity index (χ0) is 10.1. The first-order valence-corrected chi connectivity index (χ1v) is 5.81. The van der Waals surface area contributed by atoms with E-state index >= 15 is 0 Å². The fourth-order valence-electron chi connectivity index (χ4n) is 0.690. The molecular weight excluding hydrogens is 184 g/mol. The summed E-state index contributed by atoms with van der Waals surface area (Å²) >= 11 is 1.80. The quantitative estimate of drug-likeness (QED) is 0.265. The summed E-state index contributed by atoms with van der Waals surface area (Å²) in [4.78, 5) is 4.30. The number of hydrogen-bond acceptors (Lipinski definition) is 3. The van der Waals surface area contributed by atoms with Crippen LogP contribution in [0.15, 0.2) is 4.99 Å². The molecule has 0 radical (unpaired) electrons. The molecule has 0 rings (SSSR count). The third-order valence-electron chi connectivity index (χ3n) is 1.59. The van der Waals surface area contributed by atoms with Crippen molar-refractivity contribution in [1.29, 1.82) is 0 Å². The molecule has 0 aromatic carbocycles. The summed E-state index contributed by atoms with van der Waals surface area (Å²) in [7, 11) is 0. The van der Waals surface area contributed by atoms with Crippen LogP contribution in [-0.2, 0) is 0 Å². The summed E-state index contributed by atoms with van der Waals surface area (Å²) in [6.07, 6.45) is 3.15. The molecule has 0 saturated heterocycles. The van der Waals surface area contributed by atoms with Gasteiger partial charge in [-0.15, -0.1) is 0 Å². The monoisotopic (exact) mass is 204 g/mol. The van der Waals surface area contributed by atoms with Crippen molar-refractivity contribution in [2.45, 2.75) is 25.5 Å². The predicted octanol–water partition coefficient (Wildman–Crippen LogP) is 0.557. The Bertz CT molecular complexity index is 149. The number of guanidine groups is 1. The van der Waals surface area contributed by atoms with Gasteiger partial charge in [0.05, 0.1) is 6.54 Å². The minimum atomic E-state index is 0.534. The first kappa shape index (κ1) is 12.6. The van der Waals surface area contributed by atoms with Gasteiger partial charge in [-0.25, -0.2) is 5.84 Å². The van der Waals surface area contributed by atoms with Crippen molar-refractivity contribution in [2.75, 3.05) is 19.3 Å². The molecular formula is C8H20N4S. The summed E-state index contributed by atoms with van der Waals surface area (Å²) in [5.74, 6) is 5.97. The minimum Gasteiger partial charge on any atom is -0.355 e. The second-order valence-corrected chi connectivity index (χ2v) is 4.08. The van der Waals surface area contributed by atoms with Crippen LogP contribution in [0.3, 0.4) is 0 Å². The Labute approximate surface area is 84.7 Å². The summed E-state index contributed by atoms with van der Waals surface area (Å²) in [6, 6.07) is 0. The van der Waals surface area contributed by atoms with E-state index in [1.54, 1.807) is 11.8 Å². The van der Waals surface area contributed by atoms with Crippen molar-refractivity contribution in [1.82, 2.24) is 10.7 Å². The highest BCUT2D eigenvalue weighted by molar-refractivity contribution is 7.99. The maximum Gasteiger partial charge on any atom is 0.205 e. The van der Waals surface area contributed by atoms with Gasteiger partial charge in [-0.2, -0.15) is 11.8 Å². The van der Waals surface area contributed by atoms with Gasteiger partial charge in [0.1, 0.15) is 0 Å². The van der Waals surface area contributed by atoms with E-state index < -0.39 is 0 Å². The third kappa shape index (κ3) is 6.72. The van der Waals surface area contributed by atoms with E-state index in [-0.39, 0.29) is 0 Å². The van der Waals surface area contributed by atoms with Crippen LogP contribution in [0.25, 0.3) is 0 Å². The lowest BCUT2D eigenvalue weighted by Gasteiger charge is -2.09. The number of hydrazine groups is 1. The Balaban J connectivity index is 3.77. The lowest BCUT2D eigenvalue weighted by molar-refractivity contribution is 0.787. The van der Waals surface area contributed by atoms with Crippen molar-refractivity contribution in [2.24, 2.45) is 10.8 Å². The van der Waals surface area contributed by atoms with Gasteiger partial charge in [-0.1, -0.05) is 13.8 Å². The van der Waals surface area contributed by atoms with Crippen LogP contribution in [-0.4, -0.2) is 30.6 Å². The molecule has 1 unspecified atom stereocenters. The molecule has 0 fully saturated rings. The standard InChI is InChI=1S/C8H20N4S/c1-4-5-10-8(12-9)11-6-7(2)13-3/h7H,4-6,9H2,1-3H3,(H2,10,11,12). The number of hydrogen-bond donors (Lipinski definition) is 3. The van der Waals surface area contributed by atoms with Gasteiger partial charge < -0.3 is 5.32 Å². The number of rotatable bonds is 5. The van der Waals surface area contributed by atoms with Crippen LogP contribution >= 0.6 is 11.8 Å². The van der Waals surface area contributed by atoms with Gasteiger partial charge in [0.25, 0.3) is 0 Å². The molecule has 5 heteroatoms. The van der Waals surface area contributed by atoms with Crippen LogP contribution in [0, 0.1) is 0 Å². The topological polar surface area (TPSA) is 62.4 Å². The summed E-state index contributed by atoms with van der Waals surface area (Å²) in [6.45, 7) is 5.93. The molecule has 13 heavy (non-hydrogen) atoms. The first-order valence-electron chi connectivity index (χ1n) is 4.52. The zero-order valence-corrected chi connectivity index (χ0v) is 9.45. The van der Waals surface area contributed by atoms with Gasteiger partial charge in [-0.05, 0) is 12.7 Å². The Kier molecular flexibility index (Phi) is 7.93. The molecule has 0 aromatic heterocycles. The van der Waals surface area contributed by atoms with E-state index in [0.29, 0.717) is 11.2 Å². The van der Waals surface area contributed by atoms with Crippen molar-refractivity contribution >= 4 is 17.7 Å². The molecule has 0 aromatic rings. The molecule has 4 N–H and O–H groups in total. The molecule has 0 aliphatic rings. The third-order valence-corrected chi connectivity index (χ3v) is 2.54. The number of thioether (sulfide) groups is 1. The van der Waals surface area contributed by atoms with Crippen molar-refractivity contribution in [3.05, 3.63) is 0 Å². The largest absolute Gasteiger partial charge is 0.355 e. The second kappa shape index (κ2) is 8.19. The highest BCUT2D eigenvalue weighted by Crippen LogP contribution is 2.04. The molecule has 0 spiro atoms. The fourth-order valence-corrected chi connectivity index (χ4v) is 0.914. The molecule has 0 amide bonds. The van der Waals surface area contributed by atoms with Crippen molar-refractivity contribution in [3.63, 3.8) is 0 Å². The van der Waals surface area contributed by atoms with Gasteiger partial charge in [-0.3, -0.25) is 10.4 Å². The Morgan fingerprint density at radius 3 is 2.77 bits per heavy atom. The number of nitrogens with one attached hydrogen (secondary N) is 2. The minimum absolute atomic E-state index is 0.534. The smallest absolute Gasteiger partial charge is 0.205 e. The van der Waals surface area contributed by atoms with E-state index in [1.807, 2.05) is 0 Å². The predicted molar refractivity (Wildman–Crippen MR) is 60.9 cm³/mol. The molecule has 0 saturated carbocycles. The van der Waals surface area contributed by atoms with E-state index in [0.717, 1.165) is 19.5 Å². The molecule has 0 bridgehead atoms. The van der Waals surface area contributed by atoms with Crippen LogP contribution < -0.4 is 16.6 Å². The van der Waals surface area contributed by atoms with Crippen molar-refractivity contribution in [3.8, 4) is 0 Å². The number of nitrogens with zero attached hydrogens (tertiary/aromatic N) is 1. The highest BCUT2D eigenvalue weighted by Gasteiger charge is 1.98.